The van der Waals surface area contributed by atoms with Crippen molar-refractivity contribution in [3.05, 3.63) is 18.0 Å². The molecule has 1 aromatic heterocycles. The fourth-order valence-corrected chi connectivity index (χ4v) is 3.32. The van der Waals surface area contributed by atoms with Crippen molar-refractivity contribution in [3.63, 3.8) is 0 Å². The molecule has 31 heavy (non-hydrogen) atoms. The Kier molecular flexibility index (Phi) is 8.36. The number of aromatic nitrogens is 2. The lowest BCUT2D eigenvalue weighted by Gasteiger charge is -2.24. The number of ketones is 2. The van der Waals surface area contributed by atoms with Gasteiger partial charge in [-0.15, -0.1) is 0 Å². The molecule has 0 spiro atoms. The summed E-state index contributed by atoms with van der Waals surface area (Å²) in [7, 11) is 0. The lowest BCUT2D eigenvalue weighted by atomic mass is 9.87. The highest BCUT2D eigenvalue weighted by Gasteiger charge is 2.32. The summed E-state index contributed by atoms with van der Waals surface area (Å²) in [5, 5.41) is 9.46. The van der Waals surface area contributed by atoms with Gasteiger partial charge >= 0.3 is 6.09 Å². The maximum Gasteiger partial charge on any atom is 0.407 e. The van der Waals surface area contributed by atoms with Crippen LogP contribution in [-0.4, -0.2) is 52.5 Å². The summed E-state index contributed by atoms with van der Waals surface area (Å²) in [5.41, 5.74) is 0.751. The molecule has 2 amide bonds. The first kappa shape index (κ1) is 24.6. The Morgan fingerprint density at radius 1 is 1.32 bits per heavy atom. The zero-order valence-electron chi connectivity index (χ0n) is 19.1. The van der Waals surface area contributed by atoms with Crippen molar-refractivity contribution in [2.24, 2.45) is 17.3 Å². The van der Waals surface area contributed by atoms with E-state index in [1.54, 1.807) is 10.9 Å². The molecule has 2 rings (SSSR count). The van der Waals surface area contributed by atoms with Crippen molar-refractivity contribution >= 4 is 23.6 Å². The third-order valence-corrected chi connectivity index (χ3v) is 5.06. The van der Waals surface area contributed by atoms with Crippen LogP contribution in [0.3, 0.4) is 0 Å². The van der Waals surface area contributed by atoms with Crippen LogP contribution in [0.5, 0.6) is 0 Å². The van der Waals surface area contributed by atoms with E-state index in [2.05, 4.69) is 15.7 Å². The average Bonchev–Trinajstić information content (AvgIpc) is 3.12. The second-order valence-electron chi connectivity index (χ2n) is 9.64. The number of Topliss-reactive ketones (excluding diaryl/α,β-unsaturated/α-hetero) is 2. The molecule has 0 saturated heterocycles. The number of fused-ring (bicyclic) bond motifs is 2. The summed E-state index contributed by atoms with van der Waals surface area (Å²) in [4.78, 5) is 50.2. The molecule has 2 N–H and O–H groups in total. The van der Waals surface area contributed by atoms with Crippen LogP contribution in [-0.2, 0) is 32.1 Å². The molecular formula is C22H34N4O5. The van der Waals surface area contributed by atoms with Crippen molar-refractivity contribution in [1.82, 2.24) is 20.4 Å². The number of nitrogens with one attached hydrogen (secondary N) is 2. The van der Waals surface area contributed by atoms with Gasteiger partial charge in [0.1, 0.15) is 0 Å². The van der Waals surface area contributed by atoms with Crippen molar-refractivity contribution in [2.75, 3.05) is 13.2 Å². The highest BCUT2D eigenvalue weighted by atomic mass is 16.5. The summed E-state index contributed by atoms with van der Waals surface area (Å²) in [6.07, 6.45) is 3.71. The summed E-state index contributed by atoms with van der Waals surface area (Å²) < 4.78 is 6.94. The molecule has 1 aromatic rings. The molecule has 0 fully saturated rings. The number of ether oxygens (including phenoxy) is 1. The van der Waals surface area contributed by atoms with Gasteiger partial charge in [-0.1, -0.05) is 34.6 Å². The average molecular weight is 435 g/mol. The predicted octanol–water partition coefficient (Wildman–Crippen LogP) is 1.89. The highest BCUT2D eigenvalue weighted by molar-refractivity contribution is 6.37. The molecule has 0 aromatic carbocycles. The summed E-state index contributed by atoms with van der Waals surface area (Å²) >= 11 is 0. The first-order valence-electron chi connectivity index (χ1n) is 10.8. The molecule has 2 unspecified atom stereocenters. The third-order valence-electron chi connectivity index (χ3n) is 5.06. The number of carbonyl (C=O) groups is 4. The Morgan fingerprint density at radius 3 is 2.68 bits per heavy atom. The van der Waals surface area contributed by atoms with Gasteiger partial charge in [-0.2, -0.15) is 5.10 Å². The quantitative estimate of drug-likeness (QED) is 0.660. The first-order valence-corrected chi connectivity index (χ1v) is 10.8. The van der Waals surface area contributed by atoms with Crippen LogP contribution < -0.4 is 10.6 Å². The minimum absolute atomic E-state index is 0.122. The smallest absolute Gasteiger partial charge is 0.407 e. The van der Waals surface area contributed by atoms with E-state index in [9.17, 15) is 19.2 Å². The molecule has 9 heteroatoms. The third kappa shape index (κ3) is 7.80. The van der Waals surface area contributed by atoms with E-state index in [-0.39, 0.29) is 36.7 Å². The standard InChI is InChI=1S/C22H34N4O5/c1-14(2)18(25-21(30)31-13-22(3,4)5)17(27)10-16-7-6-15-11-24-26(12-15)9-8-23-20(29)19(16)28/h11-12,14,16,18H,6-10,13H2,1-5H3,(H,23,29)(H,25,30). The largest absolute Gasteiger partial charge is 0.449 e. The SMILES string of the molecule is CC(C)C(NC(=O)OCC(C)(C)C)C(=O)CC1CCc2cnn(c2)CCNC(=O)C1=O. The first-order chi connectivity index (χ1) is 14.5. The van der Waals surface area contributed by atoms with Gasteiger partial charge < -0.3 is 15.4 Å². The molecule has 2 bridgehead atoms. The Hall–Kier alpha value is -2.71. The molecule has 0 saturated carbocycles. The molecule has 2 heterocycles. The van der Waals surface area contributed by atoms with Crippen LogP contribution in [0.1, 0.15) is 53.0 Å². The van der Waals surface area contributed by atoms with Gasteiger partial charge in [0, 0.05) is 25.1 Å². The van der Waals surface area contributed by atoms with Crippen LogP contribution >= 0.6 is 0 Å². The number of hydrogen-bond acceptors (Lipinski definition) is 6. The van der Waals surface area contributed by atoms with E-state index in [1.165, 1.54) is 0 Å². The van der Waals surface area contributed by atoms with Crippen molar-refractivity contribution < 1.29 is 23.9 Å². The normalized spacial score (nSPS) is 18.7. The maximum atomic E-state index is 13.0. The van der Waals surface area contributed by atoms with Gasteiger partial charge in [-0.05, 0) is 29.7 Å². The lowest BCUT2D eigenvalue weighted by Crippen LogP contribution is -2.46. The highest BCUT2D eigenvalue weighted by Crippen LogP contribution is 2.19. The van der Waals surface area contributed by atoms with Gasteiger partial charge in [0.2, 0.25) is 5.78 Å². The van der Waals surface area contributed by atoms with Crippen LogP contribution in [0, 0.1) is 17.3 Å². The summed E-state index contributed by atoms with van der Waals surface area (Å²) in [6.45, 7) is 10.4. The van der Waals surface area contributed by atoms with E-state index >= 15 is 0 Å². The zero-order valence-corrected chi connectivity index (χ0v) is 19.1. The van der Waals surface area contributed by atoms with Gasteiger partial charge in [-0.25, -0.2) is 4.79 Å². The predicted molar refractivity (Wildman–Crippen MR) is 114 cm³/mol. The molecule has 172 valence electrons. The van der Waals surface area contributed by atoms with E-state index in [0.717, 1.165) is 5.56 Å². The molecule has 1 aliphatic heterocycles. The van der Waals surface area contributed by atoms with Crippen LogP contribution in [0.25, 0.3) is 0 Å². The Balaban J connectivity index is 2.07. The number of amides is 2. The second kappa shape index (κ2) is 10.5. The van der Waals surface area contributed by atoms with Gasteiger partial charge in [0.05, 0.1) is 25.4 Å². The molecule has 0 aliphatic carbocycles. The van der Waals surface area contributed by atoms with E-state index in [1.807, 2.05) is 40.8 Å². The lowest BCUT2D eigenvalue weighted by molar-refractivity contribution is -0.141. The topological polar surface area (TPSA) is 119 Å². The zero-order chi connectivity index (χ0) is 23.2. The molecule has 9 nitrogen and oxygen atoms in total. The minimum Gasteiger partial charge on any atom is -0.449 e. The van der Waals surface area contributed by atoms with E-state index in [4.69, 9.17) is 4.74 Å². The van der Waals surface area contributed by atoms with E-state index in [0.29, 0.717) is 19.4 Å². The van der Waals surface area contributed by atoms with Crippen molar-refractivity contribution in [2.45, 2.75) is 66.5 Å². The number of alkyl carbamates (subject to hydrolysis) is 1. The molecule has 1 aliphatic rings. The molecular weight excluding hydrogens is 400 g/mol. The number of nitrogens with zero attached hydrogens (tertiary/aromatic N) is 2. The monoisotopic (exact) mass is 434 g/mol. The van der Waals surface area contributed by atoms with E-state index < -0.39 is 29.7 Å². The summed E-state index contributed by atoms with van der Waals surface area (Å²) in [5.74, 6) is -2.54. The number of carbonyl (C=O) groups excluding carboxylic acids is 4. The number of aryl methyl sites for hydroxylation is 1. The molecule has 0 radical (unpaired) electrons. The summed E-state index contributed by atoms with van der Waals surface area (Å²) in [6, 6.07) is -0.802. The number of hydrogen-bond donors (Lipinski definition) is 2. The number of rotatable bonds is 6. The van der Waals surface area contributed by atoms with Crippen LogP contribution in [0.4, 0.5) is 4.79 Å². The Labute approximate surface area is 183 Å². The van der Waals surface area contributed by atoms with Crippen LogP contribution in [0.15, 0.2) is 12.4 Å². The molecule has 2 atom stereocenters. The minimum atomic E-state index is -0.802. The van der Waals surface area contributed by atoms with Crippen molar-refractivity contribution in [1.29, 1.82) is 0 Å². The van der Waals surface area contributed by atoms with Gasteiger partial charge in [0.15, 0.2) is 5.78 Å². The van der Waals surface area contributed by atoms with Crippen LogP contribution in [0.2, 0.25) is 0 Å². The van der Waals surface area contributed by atoms with Gasteiger partial charge in [-0.3, -0.25) is 19.1 Å². The fourth-order valence-electron chi connectivity index (χ4n) is 3.32. The fraction of sp³-hybridized carbons (Fsp3) is 0.682. The van der Waals surface area contributed by atoms with Crippen molar-refractivity contribution in [3.8, 4) is 0 Å². The Bertz CT molecular complexity index is 809. The second-order valence-corrected chi connectivity index (χ2v) is 9.64. The Morgan fingerprint density at radius 2 is 2.03 bits per heavy atom. The van der Waals surface area contributed by atoms with Gasteiger partial charge in [0.25, 0.3) is 5.91 Å². The maximum absolute atomic E-state index is 13.0.